The molecular weight excluding hydrogens is 342 g/mol. The van der Waals surface area contributed by atoms with Gasteiger partial charge >= 0.3 is 0 Å². The van der Waals surface area contributed by atoms with Crippen molar-refractivity contribution >= 4 is 21.6 Å². The van der Waals surface area contributed by atoms with Gasteiger partial charge < -0.3 is 0 Å². The van der Waals surface area contributed by atoms with Crippen LogP contribution in [0.15, 0.2) is 40.8 Å². The normalized spacial score (nSPS) is 14.5. The Kier molecular flexibility index (Phi) is 8.48. The van der Waals surface area contributed by atoms with Gasteiger partial charge in [0.15, 0.2) is 0 Å². The van der Waals surface area contributed by atoms with Crippen LogP contribution in [0.1, 0.15) is 53.9 Å². The smallest absolute Gasteiger partial charge is 0.207 e. The van der Waals surface area contributed by atoms with Crippen LogP contribution in [0.25, 0.3) is 0 Å². The zero-order chi connectivity index (χ0) is 18.3. The molecule has 0 saturated heterocycles. The fraction of sp³-hybridized carbons (Fsp3) is 0.579. The third-order valence-electron chi connectivity index (χ3n) is 4.27. The molecule has 0 bridgehead atoms. The van der Waals surface area contributed by atoms with Crippen molar-refractivity contribution in [2.24, 2.45) is 5.92 Å². The van der Waals surface area contributed by atoms with Crippen LogP contribution < -0.4 is 0 Å². The fourth-order valence-electron chi connectivity index (χ4n) is 2.43. The Labute approximate surface area is 152 Å². The highest BCUT2D eigenvalue weighted by atomic mass is 35.5. The van der Waals surface area contributed by atoms with Gasteiger partial charge in [0.2, 0.25) is 10.0 Å². The van der Waals surface area contributed by atoms with Crippen molar-refractivity contribution in [1.82, 2.24) is 4.31 Å². The number of allylic oxidation sites excluding steroid dienone is 2. The van der Waals surface area contributed by atoms with Crippen molar-refractivity contribution in [2.45, 2.75) is 64.8 Å². The summed E-state index contributed by atoms with van der Waals surface area (Å²) < 4.78 is 27.6. The van der Waals surface area contributed by atoms with Gasteiger partial charge in [-0.3, -0.25) is 0 Å². The number of halogens is 1. The maximum atomic E-state index is 13.0. The average molecular weight is 372 g/mol. The van der Waals surface area contributed by atoms with Crippen molar-refractivity contribution in [1.29, 1.82) is 0 Å². The predicted octanol–water partition coefficient (Wildman–Crippen LogP) is 5.51. The Morgan fingerprint density at radius 1 is 1.21 bits per heavy atom. The van der Waals surface area contributed by atoms with Gasteiger partial charge in [-0.15, -0.1) is 0 Å². The van der Waals surface area contributed by atoms with E-state index in [9.17, 15) is 8.42 Å². The zero-order valence-electron chi connectivity index (χ0n) is 15.4. The van der Waals surface area contributed by atoms with Gasteiger partial charge in [-0.25, -0.2) is 8.42 Å². The maximum Gasteiger partial charge on any atom is 0.243 e. The third kappa shape index (κ3) is 6.23. The van der Waals surface area contributed by atoms with Gasteiger partial charge in [0.25, 0.3) is 0 Å². The Hall–Kier alpha value is -0.840. The topological polar surface area (TPSA) is 37.4 Å². The lowest BCUT2D eigenvalue weighted by atomic mass is 10.0. The molecule has 0 N–H and O–H groups in total. The summed E-state index contributed by atoms with van der Waals surface area (Å²) in [6.07, 6.45) is 4.83. The minimum atomic E-state index is -3.50. The van der Waals surface area contributed by atoms with E-state index in [1.807, 2.05) is 13.8 Å². The molecule has 1 aromatic rings. The molecule has 0 heterocycles. The number of nitrogens with zero attached hydrogens (tertiary/aromatic N) is 1. The highest BCUT2D eigenvalue weighted by Gasteiger charge is 2.28. The first-order chi connectivity index (χ1) is 11.2. The van der Waals surface area contributed by atoms with Crippen LogP contribution in [0.3, 0.4) is 0 Å². The summed E-state index contributed by atoms with van der Waals surface area (Å²) >= 11 is 5.88. The van der Waals surface area contributed by atoms with Crippen molar-refractivity contribution < 1.29 is 8.42 Å². The first-order valence-corrected chi connectivity index (χ1v) is 10.4. The molecule has 0 saturated carbocycles. The maximum absolute atomic E-state index is 13.0. The molecule has 0 radical (unpaired) electrons. The molecule has 0 fully saturated rings. The second-order valence-electron chi connectivity index (χ2n) is 6.74. The van der Waals surface area contributed by atoms with Crippen LogP contribution in [-0.4, -0.2) is 25.3 Å². The molecule has 24 heavy (non-hydrogen) atoms. The van der Waals surface area contributed by atoms with Crippen LogP contribution in [-0.2, 0) is 10.0 Å². The van der Waals surface area contributed by atoms with Gasteiger partial charge in [-0.05, 0) is 70.2 Å². The standard InChI is InChI=1S/C19H30ClNO2S/c1-6-17(5)21(14-13-16(4)8-7-15(2)3)24(22,23)19-11-9-18(20)10-12-19/h7,9-12,16-17H,6,8,13-14H2,1-5H3. The number of benzene rings is 1. The van der Waals surface area contributed by atoms with E-state index in [4.69, 9.17) is 11.6 Å². The van der Waals surface area contributed by atoms with E-state index in [1.165, 1.54) is 5.57 Å². The minimum absolute atomic E-state index is 0.0265. The molecule has 2 unspecified atom stereocenters. The number of sulfonamides is 1. The Morgan fingerprint density at radius 2 is 1.79 bits per heavy atom. The summed E-state index contributed by atoms with van der Waals surface area (Å²) in [6.45, 7) is 10.9. The molecule has 2 atom stereocenters. The van der Waals surface area contributed by atoms with E-state index in [1.54, 1.807) is 28.6 Å². The largest absolute Gasteiger partial charge is 0.243 e. The highest BCUT2D eigenvalue weighted by molar-refractivity contribution is 7.89. The summed E-state index contributed by atoms with van der Waals surface area (Å²) in [4.78, 5) is 0.309. The Morgan fingerprint density at radius 3 is 2.29 bits per heavy atom. The van der Waals surface area contributed by atoms with Crippen molar-refractivity contribution in [2.75, 3.05) is 6.54 Å². The van der Waals surface area contributed by atoms with Crippen molar-refractivity contribution in [3.05, 3.63) is 40.9 Å². The molecule has 3 nitrogen and oxygen atoms in total. The third-order valence-corrected chi connectivity index (χ3v) is 6.55. The fourth-order valence-corrected chi connectivity index (χ4v) is 4.27. The second-order valence-corrected chi connectivity index (χ2v) is 9.06. The van der Waals surface area contributed by atoms with Gasteiger partial charge in [0.05, 0.1) is 4.90 Å². The van der Waals surface area contributed by atoms with E-state index >= 15 is 0 Å². The van der Waals surface area contributed by atoms with Crippen LogP contribution >= 0.6 is 11.6 Å². The van der Waals surface area contributed by atoms with Crippen LogP contribution in [0.4, 0.5) is 0 Å². The van der Waals surface area contributed by atoms with E-state index < -0.39 is 10.0 Å². The summed E-state index contributed by atoms with van der Waals surface area (Å²) in [5.74, 6) is 0.451. The van der Waals surface area contributed by atoms with E-state index in [0.29, 0.717) is 22.4 Å². The minimum Gasteiger partial charge on any atom is -0.207 e. The summed E-state index contributed by atoms with van der Waals surface area (Å²) in [5, 5.41) is 0.541. The van der Waals surface area contributed by atoms with Crippen LogP contribution in [0, 0.1) is 5.92 Å². The van der Waals surface area contributed by atoms with E-state index in [-0.39, 0.29) is 6.04 Å². The van der Waals surface area contributed by atoms with Gasteiger partial charge in [0, 0.05) is 17.6 Å². The molecular formula is C19H30ClNO2S. The molecule has 0 aromatic heterocycles. The number of hydrogen-bond donors (Lipinski definition) is 0. The molecule has 1 rings (SSSR count). The molecule has 1 aromatic carbocycles. The lowest BCUT2D eigenvalue weighted by Gasteiger charge is -2.28. The lowest BCUT2D eigenvalue weighted by Crippen LogP contribution is -2.39. The summed E-state index contributed by atoms with van der Waals surface area (Å²) in [5.41, 5.74) is 1.30. The Balaban J connectivity index is 2.92. The lowest BCUT2D eigenvalue weighted by molar-refractivity contribution is 0.306. The van der Waals surface area contributed by atoms with Gasteiger partial charge in [0.1, 0.15) is 0 Å². The summed E-state index contributed by atoms with van der Waals surface area (Å²) in [6, 6.07) is 6.39. The monoisotopic (exact) mass is 371 g/mol. The molecule has 0 aliphatic carbocycles. The van der Waals surface area contributed by atoms with E-state index in [2.05, 4.69) is 26.8 Å². The molecule has 0 aliphatic heterocycles. The van der Waals surface area contributed by atoms with E-state index in [0.717, 1.165) is 19.3 Å². The SMILES string of the molecule is CCC(C)N(CCC(C)CC=C(C)C)S(=O)(=O)c1ccc(Cl)cc1. The Bertz CT molecular complexity index is 634. The predicted molar refractivity (Wildman–Crippen MR) is 103 cm³/mol. The molecule has 0 spiro atoms. The molecule has 0 aliphatic rings. The van der Waals surface area contributed by atoms with Crippen molar-refractivity contribution in [3.8, 4) is 0 Å². The quantitative estimate of drug-likeness (QED) is 0.536. The number of hydrogen-bond acceptors (Lipinski definition) is 2. The van der Waals surface area contributed by atoms with Crippen LogP contribution in [0.5, 0.6) is 0 Å². The van der Waals surface area contributed by atoms with Crippen LogP contribution in [0.2, 0.25) is 5.02 Å². The average Bonchev–Trinajstić information content (AvgIpc) is 2.52. The van der Waals surface area contributed by atoms with Gasteiger partial charge in [-0.2, -0.15) is 4.31 Å². The summed E-state index contributed by atoms with van der Waals surface area (Å²) in [7, 11) is -3.50. The first kappa shape index (κ1) is 21.2. The zero-order valence-corrected chi connectivity index (χ0v) is 17.0. The number of rotatable bonds is 9. The highest BCUT2D eigenvalue weighted by Crippen LogP contribution is 2.23. The molecule has 0 amide bonds. The molecule has 136 valence electrons. The van der Waals surface area contributed by atoms with Crippen molar-refractivity contribution in [3.63, 3.8) is 0 Å². The van der Waals surface area contributed by atoms with Gasteiger partial charge in [-0.1, -0.05) is 37.1 Å². The second kappa shape index (κ2) is 9.59. The molecule has 5 heteroatoms. The first-order valence-electron chi connectivity index (χ1n) is 8.59.